The summed E-state index contributed by atoms with van der Waals surface area (Å²) < 4.78 is 5.46. The van der Waals surface area contributed by atoms with E-state index >= 15 is 0 Å². The third-order valence-corrected chi connectivity index (χ3v) is 1.49. The van der Waals surface area contributed by atoms with Crippen LogP contribution in [0.4, 0.5) is 0 Å². The summed E-state index contributed by atoms with van der Waals surface area (Å²) in [6, 6.07) is 0. The van der Waals surface area contributed by atoms with E-state index in [1.807, 2.05) is 21.1 Å². The second-order valence-electron chi connectivity index (χ2n) is 4.30. The number of ether oxygens (including phenoxy) is 1. The van der Waals surface area contributed by atoms with Crippen LogP contribution < -0.4 is 0 Å². The van der Waals surface area contributed by atoms with Gasteiger partial charge in [0, 0.05) is 6.92 Å². The van der Waals surface area contributed by atoms with Gasteiger partial charge in [-0.05, 0) is 0 Å². The first-order valence-corrected chi connectivity index (χ1v) is 4.40. The average Bonchev–Trinajstić information content (AvgIpc) is 1.77. The Morgan fingerprint density at radius 1 is 1.36 bits per heavy atom. The lowest BCUT2D eigenvalue weighted by atomic mass is 10.2. The smallest absolute Gasteiger partial charge is 0.307 e. The molecule has 1 atom stereocenters. The van der Waals surface area contributed by atoms with Crippen LogP contribution in [-0.2, 0) is 14.3 Å². The van der Waals surface area contributed by atoms with Gasteiger partial charge in [-0.1, -0.05) is 0 Å². The molecule has 14 heavy (non-hydrogen) atoms. The normalized spacial score (nSPS) is 13.4. The third kappa shape index (κ3) is 7.54. The minimum absolute atomic E-state index is 0.144. The molecule has 0 bridgehead atoms. The molecule has 0 amide bonds. The first-order chi connectivity index (χ1) is 6.20. The number of carboxylic acids is 1. The van der Waals surface area contributed by atoms with Crippen molar-refractivity contribution in [2.75, 3.05) is 27.7 Å². The Kier molecular flexibility index (Phi) is 4.56. The molecule has 0 saturated heterocycles. The van der Waals surface area contributed by atoms with Gasteiger partial charge in [0.15, 0.2) is 6.10 Å². The van der Waals surface area contributed by atoms with Crippen molar-refractivity contribution in [2.24, 2.45) is 0 Å². The van der Waals surface area contributed by atoms with Gasteiger partial charge in [0.2, 0.25) is 0 Å². The molecular weight excluding hydrogens is 188 g/mol. The minimum atomic E-state index is -0.954. The SMILES string of the molecule is C[N+](C)(C)C[C@@H](CC(=O)O)O[13C]([13CH3])=O. The Hall–Kier alpha value is -1.10. The third-order valence-electron chi connectivity index (χ3n) is 1.49. The van der Waals surface area contributed by atoms with E-state index in [1.54, 1.807) is 0 Å². The van der Waals surface area contributed by atoms with E-state index in [9.17, 15) is 9.59 Å². The van der Waals surface area contributed by atoms with Gasteiger partial charge in [-0.25, -0.2) is 0 Å². The summed E-state index contributed by atoms with van der Waals surface area (Å²) in [5.74, 6) is -1.39. The molecule has 0 aliphatic rings. The van der Waals surface area contributed by atoms with E-state index in [1.165, 1.54) is 6.92 Å². The van der Waals surface area contributed by atoms with Crippen molar-refractivity contribution < 1.29 is 23.9 Å². The fraction of sp³-hybridized carbons (Fsp3) is 0.778. The number of aliphatic carboxylic acids is 1. The Balaban J connectivity index is 4.24. The number of rotatable bonds is 5. The fourth-order valence-electron chi connectivity index (χ4n) is 1.18. The van der Waals surface area contributed by atoms with Gasteiger partial charge in [0.25, 0.3) is 0 Å². The number of hydrogen-bond donors (Lipinski definition) is 1. The maximum atomic E-state index is 10.7. The van der Waals surface area contributed by atoms with E-state index in [0.717, 1.165) is 0 Å². The van der Waals surface area contributed by atoms with Crippen molar-refractivity contribution in [2.45, 2.75) is 19.4 Å². The van der Waals surface area contributed by atoms with Crippen LogP contribution in [-0.4, -0.2) is 55.3 Å². The molecule has 0 saturated carbocycles. The maximum Gasteiger partial charge on any atom is 0.307 e. The number of nitrogens with zero attached hydrogens (tertiary/aromatic N) is 1. The summed E-state index contributed by atoms with van der Waals surface area (Å²) in [7, 11) is 5.75. The van der Waals surface area contributed by atoms with Gasteiger partial charge in [0.1, 0.15) is 6.54 Å². The molecule has 82 valence electrons. The van der Waals surface area contributed by atoms with Crippen molar-refractivity contribution in [3.8, 4) is 0 Å². The Morgan fingerprint density at radius 2 is 1.86 bits per heavy atom. The molecule has 0 aromatic rings. The quantitative estimate of drug-likeness (QED) is 0.393. The van der Waals surface area contributed by atoms with Crippen molar-refractivity contribution in [1.29, 1.82) is 0 Å². The summed E-state index contributed by atoms with van der Waals surface area (Å²) in [4.78, 5) is 21.2. The molecule has 0 unspecified atom stereocenters. The molecule has 5 nitrogen and oxygen atoms in total. The average molecular weight is 206 g/mol. The first-order valence-electron chi connectivity index (χ1n) is 4.40. The molecule has 0 aromatic carbocycles. The number of carbonyl (C=O) groups is 2. The van der Waals surface area contributed by atoms with Gasteiger partial charge in [-0.15, -0.1) is 0 Å². The summed E-state index contributed by atoms with van der Waals surface area (Å²) in [5, 5.41) is 8.60. The number of quaternary nitrogens is 1. The summed E-state index contributed by atoms with van der Waals surface area (Å²) in [5.41, 5.74) is 0. The van der Waals surface area contributed by atoms with Gasteiger partial charge < -0.3 is 14.3 Å². The van der Waals surface area contributed by atoms with Gasteiger partial charge in [0.05, 0.1) is 27.6 Å². The van der Waals surface area contributed by atoms with Crippen LogP contribution >= 0.6 is 0 Å². The van der Waals surface area contributed by atoms with Crippen LogP contribution in [0, 0.1) is 0 Å². The zero-order valence-corrected chi connectivity index (χ0v) is 9.11. The van der Waals surface area contributed by atoms with Crippen LogP contribution in [0.2, 0.25) is 0 Å². The number of likely N-dealkylation sites (N-methyl/N-ethyl adjacent to an activating group) is 1. The molecular formula is C9H18NO4+. The Morgan fingerprint density at radius 3 is 2.14 bits per heavy atom. The summed E-state index contributed by atoms with van der Waals surface area (Å²) in [6.45, 7) is 1.77. The predicted molar refractivity (Wildman–Crippen MR) is 50.7 cm³/mol. The van der Waals surface area contributed by atoms with Crippen molar-refractivity contribution >= 4 is 11.9 Å². The summed E-state index contributed by atoms with van der Waals surface area (Å²) in [6.07, 6.45) is -0.695. The van der Waals surface area contributed by atoms with Crippen LogP contribution in [0.25, 0.3) is 0 Å². The predicted octanol–water partition coefficient (Wildman–Crippen LogP) is 0.0990. The van der Waals surface area contributed by atoms with Crippen molar-refractivity contribution in [3.05, 3.63) is 0 Å². The van der Waals surface area contributed by atoms with Crippen molar-refractivity contribution in [3.63, 3.8) is 0 Å². The molecule has 0 fully saturated rings. The van der Waals surface area contributed by atoms with E-state index in [-0.39, 0.29) is 6.42 Å². The van der Waals surface area contributed by atoms with Crippen LogP contribution in [0.3, 0.4) is 0 Å². The zero-order valence-electron chi connectivity index (χ0n) is 9.11. The maximum absolute atomic E-state index is 10.7. The van der Waals surface area contributed by atoms with E-state index in [0.29, 0.717) is 11.0 Å². The highest BCUT2D eigenvalue weighted by molar-refractivity contribution is 5.69. The van der Waals surface area contributed by atoms with Gasteiger partial charge in [-0.3, -0.25) is 9.59 Å². The zero-order chi connectivity index (χ0) is 11.4. The Bertz CT molecular complexity index is 203. The number of carbonyl (C=O) groups excluding carboxylic acids is 1. The van der Waals surface area contributed by atoms with E-state index in [4.69, 9.17) is 9.84 Å². The van der Waals surface area contributed by atoms with E-state index < -0.39 is 18.0 Å². The topological polar surface area (TPSA) is 63.6 Å². The highest BCUT2D eigenvalue weighted by Crippen LogP contribution is 2.04. The summed E-state index contributed by atoms with van der Waals surface area (Å²) >= 11 is 0. The Labute approximate surface area is 83.9 Å². The van der Waals surface area contributed by atoms with Gasteiger partial charge in [-0.2, -0.15) is 0 Å². The molecule has 0 aliphatic heterocycles. The monoisotopic (exact) mass is 206 g/mol. The lowest BCUT2D eigenvalue weighted by molar-refractivity contribution is -0.873. The highest BCUT2D eigenvalue weighted by atomic mass is 16.6. The standard InChI is InChI=1S/C9H17NO4/c1-7(11)14-8(5-9(12)13)6-10(2,3)4/h8H,5-6H2,1-4H3/p+1/t8-/m1/s1/i1+1,7+1. The number of carboxylic acid groups (broad SMARTS) is 1. The lowest BCUT2D eigenvalue weighted by Gasteiger charge is -2.28. The van der Waals surface area contributed by atoms with Crippen LogP contribution in [0.15, 0.2) is 0 Å². The van der Waals surface area contributed by atoms with Crippen LogP contribution in [0.5, 0.6) is 0 Å². The number of esters is 1. The molecule has 0 spiro atoms. The molecule has 5 heteroatoms. The van der Waals surface area contributed by atoms with Crippen molar-refractivity contribution in [1.82, 2.24) is 0 Å². The molecule has 0 aromatic heterocycles. The molecule has 0 heterocycles. The first kappa shape index (κ1) is 12.9. The molecule has 0 rings (SSSR count). The minimum Gasteiger partial charge on any atom is -0.481 e. The second-order valence-corrected chi connectivity index (χ2v) is 4.30. The fourth-order valence-corrected chi connectivity index (χ4v) is 1.18. The van der Waals surface area contributed by atoms with E-state index in [2.05, 4.69) is 0 Å². The second kappa shape index (κ2) is 4.95. The molecule has 0 aliphatic carbocycles. The highest BCUT2D eigenvalue weighted by Gasteiger charge is 2.23. The largest absolute Gasteiger partial charge is 0.481 e. The van der Waals surface area contributed by atoms with Gasteiger partial charge >= 0.3 is 11.9 Å². The number of hydrogen-bond acceptors (Lipinski definition) is 3. The van der Waals surface area contributed by atoms with Crippen LogP contribution in [0.1, 0.15) is 13.3 Å². The molecule has 1 N–H and O–H groups in total. The molecule has 0 radical (unpaired) electrons. The lowest BCUT2D eigenvalue weighted by Crippen LogP contribution is -2.43.